The Kier molecular flexibility index (Phi) is 2.45. The lowest BCUT2D eigenvalue weighted by atomic mass is 10.2. The molecule has 84 valence electrons. The van der Waals surface area contributed by atoms with E-state index < -0.39 is 0 Å². The minimum Gasteiger partial charge on any atom is -0.422 e. The van der Waals surface area contributed by atoms with Gasteiger partial charge < -0.3 is 4.42 Å². The fraction of sp³-hybridized carbons (Fsp3) is 0. The van der Waals surface area contributed by atoms with Crippen molar-refractivity contribution in [3.63, 3.8) is 0 Å². The number of fused-ring (bicyclic) bond motifs is 1. The summed E-state index contributed by atoms with van der Waals surface area (Å²) in [5, 5.41) is 8.34. The van der Waals surface area contributed by atoms with Crippen molar-refractivity contribution in [2.75, 3.05) is 0 Å². The predicted octanol–water partition coefficient (Wildman–Crippen LogP) is 2.67. The van der Waals surface area contributed by atoms with Gasteiger partial charge in [-0.1, -0.05) is 30.0 Å². The van der Waals surface area contributed by atoms with Crippen LogP contribution in [0.1, 0.15) is 0 Å². The van der Waals surface area contributed by atoms with Crippen molar-refractivity contribution in [2.45, 2.75) is 9.92 Å². The Morgan fingerprint density at radius 2 is 2.12 bits per heavy atom. The van der Waals surface area contributed by atoms with Crippen molar-refractivity contribution in [3.8, 4) is 0 Å². The molecule has 17 heavy (non-hydrogen) atoms. The number of hydrogen-bond donors (Lipinski definition) is 1. The van der Waals surface area contributed by atoms with Crippen molar-refractivity contribution in [3.05, 3.63) is 53.0 Å². The third kappa shape index (κ3) is 1.97. The molecule has 0 unspecified atom stereocenters. The van der Waals surface area contributed by atoms with Gasteiger partial charge in [0.1, 0.15) is 15.5 Å². The molecule has 0 spiro atoms. The maximum Gasteiger partial charge on any atom is 0.350 e. The van der Waals surface area contributed by atoms with Crippen LogP contribution in [0, 0.1) is 0 Å². The van der Waals surface area contributed by atoms with Gasteiger partial charge in [0.2, 0.25) is 0 Å². The van der Waals surface area contributed by atoms with Crippen LogP contribution in [0.25, 0.3) is 11.0 Å². The van der Waals surface area contributed by atoms with E-state index in [0.717, 1.165) is 10.4 Å². The second-order valence-electron chi connectivity index (χ2n) is 3.45. The zero-order chi connectivity index (χ0) is 11.7. The van der Waals surface area contributed by atoms with Gasteiger partial charge in [0.25, 0.3) is 0 Å². The van der Waals surface area contributed by atoms with Crippen LogP contribution in [-0.2, 0) is 0 Å². The van der Waals surface area contributed by atoms with E-state index in [4.69, 9.17) is 4.42 Å². The summed E-state index contributed by atoms with van der Waals surface area (Å²) in [5.41, 5.74) is 0.264. The molecule has 2 heterocycles. The number of hydrogen-bond acceptors (Lipinski definition) is 4. The van der Waals surface area contributed by atoms with Crippen LogP contribution in [-0.4, -0.2) is 10.2 Å². The smallest absolute Gasteiger partial charge is 0.350 e. The van der Waals surface area contributed by atoms with Crippen LogP contribution in [0.2, 0.25) is 0 Å². The van der Waals surface area contributed by atoms with Crippen LogP contribution in [0.5, 0.6) is 0 Å². The fourth-order valence-electron chi connectivity index (χ4n) is 1.53. The number of aromatic nitrogens is 2. The van der Waals surface area contributed by atoms with Gasteiger partial charge in [-0.25, -0.2) is 4.79 Å². The van der Waals surface area contributed by atoms with Crippen LogP contribution in [0.4, 0.5) is 0 Å². The lowest BCUT2D eigenvalue weighted by Gasteiger charge is -1.99. The Morgan fingerprint density at radius 1 is 1.24 bits per heavy atom. The first-order valence-electron chi connectivity index (χ1n) is 5.03. The monoisotopic (exact) mass is 244 g/mol. The van der Waals surface area contributed by atoms with Crippen molar-refractivity contribution in [2.24, 2.45) is 0 Å². The summed E-state index contributed by atoms with van der Waals surface area (Å²) in [7, 11) is 0. The lowest BCUT2D eigenvalue weighted by molar-refractivity contribution is 0.544. The molecule has 0 radical (unpaired) electrons. The van der Waals surface area contributed by atoms with Crippen LogP contribution in [0.15, 0.2) is 61.7 Å². The molecular formula is C12H8N2O2S. The Hall–Kier alpha value is -2.01. The average Bonchev–Trinajstić information content (AvgIpc) is 2.83. The van der Waals surface area contributed by atoms with E-state index in [-0.39, 0.29) is 5.63 Å². The Bertz CT molecular complexity index is 704. The quantitative estimate of drug-likeness (QED) is 0.704. The van der Waals surface area contributed by atoms with Gasteiger partial charge in [-0.2, -0.15) is 5.10 Å². The van der Waals surface area contributed by atoms with Crippen molar-refractivity contribution in [1.82, 2.24) is 10.2 Å². The van der Waals surface area contributed by atoms with Gasteiger partial charge in [-0.05, 0) is 18.2 Å². The molecule has 5 heteroatoms. The highest BCUT2D eigenvalue weighted by Crippen LogP contribution is 2.25. The highest BCUT2D eigenvalue weighted by atomic mass is 32.2. The summed E-state index contributed by atoms with van der Waals surface area (Å²) in [5.74, 6) is 0. The molecule has 0 amide bonds. The van der Waals surface area contributed by atoms with Gasteiger partial charge in [-0.15, -0.1) is 0 Å². The van der Waals surface area contributed by atoms with Crippen molar-refractivity contribution >= 4 is 22.7 Å². The van der Waals surface area contributed by atoms with E-state index in [2.05, 4.69) is 10.2 Å². The molecule has 2 aromatic heterocycles. The summed E-state index contributed by atoms with van der Waals surface area (Å²) in [6, 6.07) is 11.1. The number of rotatable bonds is 2. The second-order valence-corrected chi connectivity index (χ2v) is 4.51. The number of nitrogens with one attached hydrogen (secondary N) is 1. The molecule has 0 aliphatic rings. The molecule has 0 saturated heterocycles. The van der Waals surface area contributed by atoms with Crippen LogP contribution in [0.3, 0.4) is 0 Å². The molecule has 4 nitrogen and oxygen atoms in total. The van der Waals surface area contributed by atoms with Gasteiger partial charge >= 0.3 is 5.63 Å². The summed E-state index contributed by atoms with van der Waals surface area (Å²) in [4.78, 5) is 12.3. The number of benzene rings is 1. The van der Waals surface area contributed by atoms with E-state index in [1.54, 1.807) is 18.3 Å². The topological polar surface area (TPSA) is 58.9 Å². The van der Waals surface area contributed by atoms with E-state index in [0.29, 0.717) is 10.5 Å². The molecule has 0 aliphatic heterocycles. The Morgan fingerprint density at radius 3 is 2.94 bits per heavy atom. The molecule has 3 rings (SSSR count). The second kappa shape index (κ2) is 4.10. The van der Waals surface area contributed by atoms with Gasteiger partial charge in [0.15, 0.2) is 0 Å². The van der Waals surface area contributed by atoms with Crippen LogP contribution < -0.4 is 5.63 Å². The van der Waals surface area contributed by atoms with E-state index >= 15 is 0 Å². The third-order valence-corrected chi connectivity index (χ3v) is 3.24. The minimum absolute atomic E-state index is 0.336. The van der Waals surface area contributed by atoms with E-state index in [1.165, 1.54) is 11.8 Å². The molecule has 0 saturated carbocycles. The average molecular weight is 244 g/mol. The van der Waals surface area contributed by atoms with E-state index in [1.807, 2.05) is 24.3 Å². The highest BCUT2D eigenvalue weighted by molar-refractivity contribution is 7.99. The summed E-state index contributed by atoms with van der Waals surface area (Å²) < 4.78 is 5.23. The van der Waals surface area contributed by atoms with Crippen molar-refractivity contribution < 1.29 is 4.42 Å². The molecule has 1 aromatic carbocycles. The first-order chi connectivity index (χ1) is 8.33. The summed E-state index contributed by atoms with van der Waals surface area (Å²) in [6.07, 6.45) is 1.71. The SMILES string of the molecule is O=c1oc2ccccc2cc1Sc1cc[nH]n1. The normalized spacial score (nSPS) is 10.8. The Labute approximate surface area is 101 Å². The van der Waals surface area contributed by atoms with Gasteiger partial charge in [-0.3, -0.25) is 5.10 Å². The van der Waals surface area contributed by atoms with Crippen LogP contribution >= 0.6 is 11.8 Å². The summed E-state index contributed by atoms with van der Waals surface area (Å²) in [6.45, 7) is 0. The van der Waals surface area contributed by atoms with E-state index in [9.17, 15) is 4.79 Å². The number of aromatic amines is 1. The van der Waals surface area contributed by atoms with Crippen molar-refractivity contribution in [1.29, 1.82) is 0 Å². The minimum atomic E-state index is -0.336. The summed E-state index contributed by atoms with van der Waals surface area (Å²) >= 11 is 1.29. The fourth-order valence-corrected chi connectivity index (χ4v) is 2.30. The molecular weight excluding hydrogens is 236 g/mol. The van der Waals surface area contributed by atoms with Gasteiger partial charge in [0.05, 0.1) is 0 Å². The maximum atomic E-state index is 11.7. The standard InChI is InChI=1S/C12H8N2O2S/c15-12-10(17-11-5-6-13-14-11)7-8-3-1-2-4-9(8)16-12/h1-7H,(H,13,14). The first kappa shape index (κ1) is 10.2. The molecule has 0 bridgehead atoms. The molecule has 3 aromatic rings. The number of H-pyrrole nitrogens is 1. The molecule has 0 fully saturated rings. The van der Waals surface area contributed by atoms with Gasteiger partial charge in [0, 0.05) is 11.6 Å². The largest absolute Gasteiger partial charge is 0.422 e. The first-order valence-corrected chi connectivity index (χ1v) is 5.85. The molecule has 1 N–H and O–H groups in total. The molecule has 0 aliphatic carbocycles. The number of para-hydroxylation sites is 1. The predicted molar refractivity (Wildman–Crippen MR) is 65.2 cm³/mol. The zero-order valence-corrected chi connectivity index (χ0v) is 9.53. The highest BCUT2D eigenvalue weighted by Gasteiger charge is 2.07. The number of nitrogens with zero attached hydrogens (tertiary/aromatic N) is 1. The maximum absolute atomic E-state index is 11.7. The zero-order valence-electron chi connectivity index (χ0n) is 8.71. The Balaban J connectivity index is 2.10. The lowest BCUT2D eigenvalue weighted by Crippen LogP contribution is -2.01. The molecule has 0 atom stereocenters. The third-order valence-electron chi connectivity index (χ3n) is 2.30.